The monoisotopic (exact) mass is 237 g/mol. The first-order valence-corrected chi connectivity index (χ1v) is 5.49. The summed E-state index contributed by atoms with van der Waals surface area (Å²) in [6, 6.07) is -0.474. The van der Waals surface area contributed by atoms with Gasteiger partial charge in [-0.1, -0.05) is 0 Å². The first-order chi connectivity index (χ1) is 8.08. The third-order valence-electron chi connectivity index (χ3n) is 2.81. The Morgan fingerprint density at radius 1 is 1.53 bits per heavy atom. The summed E-state index contributed by atoms with van der Waals surface area (Å²) in [5.74, 6) is 0.532. The molecule has 0 aliphatic carbocycles. The van der Waals surface area contributed by atoms with Gasteiger partial charge < -0.3 is 10.2 Å². The van der Waals surface area contributed by atoms with E-state index < -0.39 is 6.04 Å². The van der Waals surface area contributed by atoms with Crippen molar-refractivity contribution in [2.75, 3.05) is 6.54 Å². The lowest BCUT2D eigenvalue weighted by Gasteiger charge is -2.21. The van der Waals surface area contributed by atoms with Gasteiger partial charge in [0.15, 0.2) is 0 Å². The van der Waals surface area contributed by atoms with Gasteiger partial charge in [-0.05, 0) is 6.92 Å². The Hall–Kier alpha value is -1.92. The van der Waals surface area contributed by atoms with E-state index in [1.54, 1.807) is 23.6 Å². The highest BCUT2D eigenvalue weighted by Crippen LogP contribution is 2.07. The summed E-state index contributed by atoms with van der Waals surface area (Å²) in [6.45, 7) is 2.49. The molecular weight excluding hydrogens is 222 g/mol. The van der Waals surface area contributed by atoms with E-state index in [4.69, 9.17) is 0 Å². The van der Waals surface area contributed by atoms with Gasteiger partial charge in [-0.15, -0.1) is 0 Å². The Kier molecular flexibility index (Phi) is 3.08. The molecule has 1 aromatic heterocycles. The molecule has 2 heterocycles. The number of carbonyl (C=O) groups is 2. The van der Waals surface area contributed by atoms with Crippen LogP contribution in [0.2, 0.25) is 0 Å². The van der Waals surface area contributed by atoms with E-state index in [-0.39, 0.29) is 11.8 Å². The second kappa shape index (κ2) is 4.52. The second-order valence-corrected chi connectivity index (χ2v) is 4.10. The van der Waals surface area contributed by atoms with E-state index in [0.29, 0.717) is 25.3 Å². The van der Waals surface area contributed by atoms with E-state index in [1.165, 1.54) is 6.33 Å². The van der Waals surface area contributed by atoms with Crippen LogP contribution in [0.15, 0.2) is 6.33 Å². The van der Waals surface area contributed by atoms with Crippen LogP contribution in [-0.4, -0.2) is 44.1 Å². The number of carbonyl (C=O) groups excluding carboxylic acids is 2. The van der Waals surface area contributed by atoms with Gasteiger partial charge in [-0.25, -0.2) is 4.98 Å². The molecule has 1 aromatic rings. The van der Waals surface area contributed by atoms with Crippen molar-refractivity contribution in [1.82, 2.24) is 25.0 Å². The van der Waals surface area contributed by atoms with Crippen LogP contribution in [0.25, 0.3) is 0 Å². The Morgan fingerprint density at radius 2 is 2.29 bits per heavy atom. The molecule has 0 bridgehead atoms. The smallest absolute Gasteiger partial charge is 0.245 e. The fourth-order valence-electron chi connectivity index (χ4n) is 1.79. The van der Waals surface area contributed by atoms with E-state index in [9.17, 15) is 9.59 Å². The first-order valence-electron chi connectivity index (χ1n) is 5.49. The zero-order valence-corrected chi connectivity index (χ0v) is 9.88. The lowest BCUT2D eigenvalue weighted by molar-refractivity contribution is -0.133. The fraction of sp³-hybridized carbons (Fsp3) is 0.600. The van der Waals surface area contributed by atoms with Crippen LogP contribution in [0.1, 0.15) is 19.2 Å². The number of aromatic nitrogens is 3. The van der Waals surface area contributed by atoms with Crippen LogP contribution in [0, 0.1) is 0 Å². The molecule has 17 heavy (non-hydrogen) atoms. The minimum absolute atomic E-state index is 0.0844. The third-order valence-corrected chi connectivity index (χ3v) is 2.81. The molecule has 2 amide bonds. The number of hydrogen-bond donors (Lipinski definition) is 1. The van der Waals surface area contributed by atoms with Crippen LogP contribution in [0.3, 0.4) is 0 Å². The lowest BCUT2D eigenvalue weighted by atomic mass is 10.3. The van der Waals surface area contributed by atoms with Gasteiger partial charge in [-0.2, -0.15) is 5.10 Å². The predicted molar refractivity (Wildman–Crippen MR) is 58.6 cm³/mol. The zero-order valence-electron chi connectivity index (χ0n) is 9.88. The largest absolute Gasteiger partial charge is 0.345 e. The zero-order chi connectivity index (χ0) is 12.4. The summed E-state index contributed by atoms with van der Waals surface area (Å²) in [7, 11) is 1.78. The SMILES string of the molecule is CC1NC(=O)CCN(Cc2ncnn2C)C1=O. The van der Waals surface area contributed by atoms with E-state index in [1.807, 2.05) is 0 Å². The molecule has 1 aliphatic heterocycles. The highest BCUT2D eigenvalue weighted by Gasteiger charge is 2.27. The number of nitrogens with zero attached hydrogens (tertiary/aromatic N) is 4. The highest BCUT2D eigenvalue weighted by molar-refractivity contribution is 5.89. The van der Waals surface area contributed by atoms with Crippen LogP contribution >= 0.6 is 0 Å². The fourth-order valence-corrected chi connectivity index (χ4v) is 1.79. The van der Waals surface area contributed by atoms with Crippen LogP contribution in [0.5, 0.6) is 0 Å². The molecule has 1 aliphatic rings. The van der Waals surface area contributed by atoms with Crippen molar-refractivity contribution in [1.29, 1.82) is 0 Å². The minimum atomic E-state index is -0.474. The maximum Gasteiger partial charge on any atom is 0.245 e. The summed E-state index contributed by atoms with van der Waals surface area (Å²) in [6.07, 6.45) is 1.78. The molecule has 0 saturated carbocycles. The topological polar surface area (TPSA) is 80.1 Å². The van der Waals surface area contributed by atoms with E-state index in [0.717, 1.165) is 0 Å². The number of aryl methyl sites for hydroxylation is 1. The lowest BCUT2D eigenvalue weighted by Crippen LogP contribution is -2.42. The van der Waals surface area contributed by atoms with Crippen molar-refractivity contribution in [2.24, 2.45) is 7.05 Å². The van der Waals surface area contributed by atoms with E-state index in [2.05, 4.69) is 15.4 Å². The molecule has 1 unspecified atom stereocenters. The predicted octanol–water partition coefficient (Wildman–Crippen LogP) is -0.948. The summed E-state index contributed by atoms with van der Waals surface area (Å²) in [5, 5.41) is 6.59. The molecule has 92 valence electrons. The van der Waals surface area contributed by atoms with Crippen molar-refractivity contribution < 1.29 is 9.59 Å². The van der Waals surface area contributed by atoms with Crippen molar-refractivity contribution in [3.8, 4) is 0 Å². The first kappa shape index (κ1) is 11.6. The maximum atomic E-state index is 12.0. The average molecular weight is 237 g/mol. The molecule has 2 rings (SSSR count). The summed E-state index contributed by atoms with van der Waals surface area (Å²) in [4.78, 5) is 29.0. The van der Waals surface area contributed by atoms with Gasteiger partial charge in [0, 0.05) is 20.0 Å². The molecule has 1 saturated heterocycles. The van der Waals surface area contributed by atoms with Gasteiger partial charge in [0.05, 0.1) is 6.54 Å². The van der Waals surface area contributed by atoms with Gasteiger partial charge in [0.2, 0.25) is 11.8 Å². The molecule has 1 N–H and O–H groups in total. The maximum absolute atomic E-state index is 12.0. The molecule has 7 nitrogen and oxygen atoms in total. The molecule has 1 atom stereocenters. The van der Waals surface area contributed by atoms with Crippen molar-refractivity contribution >= 4 is 11.8 Å². The van der Waals surface area contributed by atoms with Crippen molar-refractivity contribution in [2.45, 2.75) is 25.9 Å². The Balaban J connectivity index is 2.12. The van der Waals surface area contributed by atoms with Gasteiger partial charge >= 0.3 is 0 Å². The standard InChI is InChI=1S/C10H15N5O2/c1-7-10(17)15(4-3-9(16)13-7)5-8-11-6-12-14(8)2/h6-7H,3-5H2,1-2H3,(H,13,16). The molecule has 0 aromatic carbocycles. The van der Waals surface area contributed by atoms with Gasteiger partial charge in [0.25, 0.3) is 0 Å². The highest BCUT2D eigenvalue weighted by atomic mass is 16.2. The second-order valence-electron chi connectivity index (χ2n) is 4.10. The quantitative estimate of drug-likeness (QED) is 0.719. The summed E-state index contributed by atoms with van der Waals surface area (Å²) >= 11 is 0. The Morgan fingerprint density at radius 3 is 2.94 bits per heavy atom. The van der Waals surface area contributed by atoms with Crippen molar-refractivity contribution in [3.63, 3.8) is 0 Å². The molecule has 0 spiro atoms. The van der Waals surface area contributed by atoms with Gasteiger partial charge in [0.1, 0.15) is 18.2 Å². The normalized spacial score (nSPS) is 21.3. The molecule has 7 heteroatoms. The Labute approximate surface area is 98.8 Å². The Bertz CT molecular complexity index is 442. The van der Waals surface area contributed by atoms with Crippen LogP contribution < -0.4 is 5.32 Å². The minimum Gasteiger partial charge on any atom is -0.345 e. The van der Waals surface area contributed by atoms with Gasteiger partial charge in [-0.3, -0.25) is 14.3 Å². The third kappa shape index (κ3) is 2.43. The van der Waals surface area contributed by atoms with Crippen molar-refractivity contribution in [3.05, 3.63) is 12.2 Å². The number of hydrogen-bond acceptors (Lipinski definition) is 4. The molecular formula is C10H15N5O2. The van der Waals surface area contributed by atoms with Crippen LogP contribution in [-0.2, 0) is 23.2 Å². The average Bonchev–Trinajstić information content (AvgIpc) is 2.63. The number of nitrogens with one attached hydrogen (secondary N) is 1. The van der Waals surface area contributed by atoms with Crippen LogP contribution in [0.4, 0.5) is 0 Å². The number of rotatable bonds is 2. The molecule has 0 radical (unpaired) electrons. The number of amides is 2. The van der Waals surface area contributed by atoms with E-state index >= 15 is 0 Å². The molecule has 1 fully saturated rings. The summed E-state index contributed by atoms with van der Waals surface area (Å²) in [5.41, 5.74) is 0. The summed E-state index contributed by atoms with van der Waals surface area (Å²) < 4.78 is 1.62.